The summed E-state index contributed by atoms with van der Waals surface area (Å²) in [5.41, 5.74) is 14.0. The Morgan fingerprint density at radius 3 is 1.08 bits per heavy atom. The largest absolute Gasteiger partial charge is 0.347 e. The minimum Gasteiger partial charge on any atom is -0.347 e. The van der Waals surface area contributed by atoms with E-state index in [-0.39, 0.29) is 83.5 Å². The zero-order valence-corrected chi connectivity index (χ0v) is 80.7. The lowest BCUT2D eigenvalue weighted by Crippen LogP contribution is -2.49. The van der Waals surface area contributed by atoms with Crippen molar-refractivity contribution in [3.63, 3.8) is 0 Å². The number of likely N-dealkylation sites (N-methyl/N-ethyl adjacent to an activating group) is 1. The van der Waals surface area contributed by atoms with Crippen molar-refractivity contribution >= 4 is 35.1 Å². The Morgan fingerprint density at radius 2 is 0.758 bits per heavy atom. The van der Waals surface area contributed by atoms with Crippen LogP contribution in [0.3, 0.4) is 0 Å². The first-order valence-corrected chi connectivity index (χ1v) is 46.1. The van der Waals surface area contributed by atoms with Gasteiger partial charge in [-0.25, -0.2) is 30.7 Å². The van der Waals surface area contributed by atoms with Crippen LogP contribution >= 0.6 is 0 Å². The molecule has 6 aromatic carbocycles. The lowest BCUT2D eigenvalue weighted by molar-refractivity contribution is -0.127. The number of aromatic nitrogens is 3. The fraction of sp³-hybridized carbons (Fsp3) is 0.467. The first-order chi connectivity index (χ1) is 62.2. The molecule has 3 N–H and O–H groups in total. The molecule has 11 rings (SSSR count). The number of Topliss-reactive ketones (excluding diaryl/α,β-unsaturated/α-hetero) is 3. The van der Waals surface area contributed by atoms with Gasteiger partial charge in [-0.2, -0.15) is 0 Å². The lowest BCUT2D eigenvalue weighted by Gasteiger charge is -2.34. The maximum absolute atomic E-state index is 15.8. The SMILES string of the molecule is CC(=O)C[C@H](NC(=O)[C@H](CC(C)C)n1cc(CCN2CC(F)C2)cc(F)c1=O)c1cc(-c2c(C)cccc2C)cc(C)c1F.CC(=O)C[C@H](NC(=O)[C@H](CC(C)C)n1cc(CCN2CC[C@@H](F)C2)cc(F)c1=O)c1cc(-c2c(C)cccc2C)cc(C)c1F.CC(=O)C[C@H](NC(=O)[C@H](CCC(C)C)n1cc(CCN(C)C)c(C)cc1=O)c1cc(-c2c(C)cccc2C)cc(C)c1F. The van der Waals surface area contributed by atoms with Crippen molar-refractivity contribution in [2.45, 2.75) is 251 Å². The first kappa shape index (κ1) is 105. The predicted octanol–water partition coefficient (Wildman–Crippen LogP) is 19.9. The van der Waals surface area contributed by atoms with E-state index in [2.05, 4.69) is 34.7 Å². The van der Waals surface area contributed by atoms with E-state index >= 15 is 13.2 Å². The summed E-state index contributed by atoms with van der Waals surface area (Å²) in [6.45, 7) is 38.1. The molecule has 2 aliphatic rings. The molecule has 9 aromatic rings. The van der Waals surface area contributed by atoms with Gasteiger partial charge in [0.1, 0.15) is 65.3 Å². The van der Waals surface area contributed by atoms with Gasteiger partial charge in [0, 0.05) is 106 Å². The summed E-state index contributed by atoms with van der Waals surface area (Å²) in [4.78, 5) is 125. The molecule has 710 valence electrons. The summed E-state index contributed by atoms with van der Waals surface area (Å²) in [5, 5.41) is 8.72. The Balaban J connectivity index is 0.000000223. The highest BCUT2D eigenvalue weighted by Gasteiger charge is 2.35. The van der Waals surface area contributed by atoms with Crippen LogP contribution < -0.4 is 32.6 Å². The minimum atomic E-state index is -1.10. The van der Waals surface area contributed by atoms with Gasteiger partial charge in [-0.1, -0.05) is 96.1 Å². The number of alkyl halides is 2. The van der Waals surface area contributed by atoms with E-state index in [1.165, 1.54) is 43.8 Å². The quantitative estimate of drug-likeness (QED) is 0.0310. The van der Waals surface area contributed by atoms with Crippen LogP contribution in [0.5, 0.6) is 0 Å². The molecule has 2 saturated heterocycles. The summed E-state index contributed by atoms with van der Waals surface area (Å²) < 4.78 is 108. The number of likely N-dealkylation sites (tertiary alicyclic amines) is 2. The maximum Gasteiger partial charge on any atom is 0.287 e. The number of carbonyl (C=O) groups excluding carboxylic acids is 6. The van der Waals surface area contributed by atoms with Crippen molar-refractivity contribution in [2.24, 2.45) is 17.8 Å². The number of rotatable bonds is 37. The summed E-state index contributed by atoms with van der Waals surface area (Å²) >= 11 is 0. The van der Waals surface area contributed by atoms with E-state index in [1.807, 2.05) is 161 Å². The van der Waals surface area contributed by atoms with Gasteiger partial charge in [-0.15, -0.1) is 0 Å². The van der Waals surface area contributed by atoms with E-state index in [4.69, 9.17) is 0 Å². The number of benzene rings is 6. The number of hydrogen-bond donors (Lipinski definition) is 3. The van der Waals surface area contributed by atoms with Gasteiger partial charge in [0.2, 0.25) is 17.7 Å². The van der Waals surface area contributed by atoms with Gasteiger partial charge >= 0.3 is 0 Å². The minimum absolute atomic E-state index is 0.0514. The Labute approximate surface area is 773 Å². The third-order valence-corrected chi connectivity index (χ3v) is 24.9. The fourth-order valence-corrected chi connectivity index (χ4v) is 18.0. The van der Waals surface area contributed by atoms with E-state index in [1.54, 1.807) is 63.4 Å². The van der Waals surface area contributed by atoms with Gasteiger partial charge in [0.05, 0.1) is 18.1 Å². The molecule has 0 spiro atoms. The lowest BCUT2D eigenvalue weighted by atomic mass is 9.90. The third kappa shape index (κ3) is 27.8. The zero-order valence-electron chi connectivity index (χ0n) is 80.7. The van der Waals surface area contributed by atoms with Crippen molar-refractivity contribution in [3.8, 4) is 33.4 Å². The molecule has 0 bridgehead atoms. The van der Waals surface area contributed by atoms with Crippen LogP contribution in [0.2, 0.25) is 0 Å². The van der Waals surface area contributed by atoms with E-state index in [9.17, 15) is 60.7 Å². The molecule has 132 heavy (non-hydrogen) atoms. The Kier molecular flexibility index (Phi) is 37.3. The summed E-state index contributed by atoms with van der Waals surface area (Å²) in [6, 6.07) is 26.2. The van der Waals surface area contributed by atoms with Gasteiger partial charge in [0.25, 0.3) is 16.7 Å². The highest BCUT2D eigenvalue weighted by Crippen LogP contribution is 2.39. The van der Waals surface area contributed by atoms with Gasteiger partial charge in [0.15, 0.2) is 11.6 Å². The normalized spacial score (nSPS) is 15.0. The molecule has 25 heteroatoms. The van der Waals surface area contributed by atoms with Gasteiger partial charge < -0.3 is 39.5 Å². The van der Waals surface area contributed by atoms with Crippen molar-refractivity contribution in [1.82, 2.24) is 44.4 Å². The second kappa shape index (κ2) is 47.1. The van der Waals surface area contributed by atoms with E-state index in [0.29, 0.717) is 98.7 Å². The van der Waals surface area contributed by atoms with Crippen molar-refractivity contribution < 1.29 is 59.5 Å². The van der Waals surface area contributed by atoms with Crippen LogP contribution in [0.4, 0.5) is 30.7 Å². The molecule has 0 radical (unpaired) electrons. The van der Waals surface area contributed by atoms with Gasteiger partial charge in [-0.05, 0) is 327 Å². The van der Waals surface area contributed by atoms with Crippen LogP contribution in [0.25, 0.3) is 33.4 Å². The van der Waals surface area contributed by atoms with E-state index < -0.39 is 107 Å². The smallest absolute Gasteiger partial charge is 0.287 e. The summed E-state index contributed by atoms with van der Waals surface area (Å²) in [7, 11) is 3.99. The van der Waals surface area contributed by atoms with Crippen molar-refractivity contribution in [2.75, 3.05) is 59.9 Å². The molecule has 2 aliphatic heterocycles. The number of aryl methyl sites for hydroxylation is 10. The molecule has 5 heterocycles. The topological polar surface area (TPSA) is 214 Å². The third-order valence-electron chi connectivity index (χ3n) is 24.9. The second-order valence-corrected chi connectivity index (χ2v) is 38.2. The number of amides is 3. The molecule has 18 nitrogen and oxygen atoms in total. The number of nitrogens with zero attached hydrogens (tertiary/aromatic N) is 6. The van der Waals surface area contributed by atoms with Crippen molar-refractivity contribution in [1.29, 1.82) is 0 Å². The maximum atomic E-state index is 15.8. The van der Waals surface area contributed by atoms with Crippen molar-refractivity contribution in [3.05, 3.63) is 277 Å². The monoisotopic (exact) mass is 1820 g/mol. The molecular formula is C107H134F7N9O9. The average molecular weight is 1820 g/mol. The Bertz CT molecular complexity index is 5790. The molecule has 0 saturated carbocycles. The molecule has 3 amide bonds. The highest BCUT2D eigenvalue weighted by molar-refractivity contribution is 5.86. The average Bonchev–Trinajstić information content (AvgIpc) is 0.924. The van der Waals surface area contributed by atoms with E-state index in [0.717, 1.165) is 112 Å². The van der Waals surface area contributed by atoms with Gasteiger partial charge in [-0.3, -0.25) is 48.1 Å². The molecular weight excluding hydrogens is 1690 g/mol. The van der Waals surface area contributed by atoms with Crippen LogP contribution in [0.15, 0.2) is 142 Å². The van der Waals surface area contributed by atoms with Crippen LogP contribution in [0, 0.1) is 116 Å². The number of hydrogen-bond acceptors (Lipinski definition) is 12. The Morgan fingerprint density at radius 1 is 0.409 bits per heavy atom. The molecule has 3 aromatic heterocycles. The number of ketones is 3. The number of halogens is 7. The second-order valence-electron chi connectivity index (χ2n) is 38.2. The molecule has 0 aliphatic carbocycles. The first-order valence-electron chi connectivity index (χ1n) is 46.1. The van der Waals surface area contributed by atoms with Crippen LogP contribution in [-0.2, 0) is 48.0 Å². The highest BCUT2D eigenvalue weighted by atomic mass is 19.2. The number of carbonyl (C=O) groups is 6. The number of nitrogens with one attached hydrogen (secondary N) is 3. The molecule has 0 unspecified atom stereocenters. The standard InChI is InChI=1S/C36H44F3N3O3.C36H48FN3O3.C35H42F3N3O3/c1-21(2)14-32(42-19-26(17-30(38)36(42)45)10-12-41-13-11-28(37)20-41)35(44)40-31(16-25(6)43)29-18-27(15-24(5)34(29)39)33-22(3)8-7-9-23(33)4;1-22(2)13-14-32(40-21-28(15-16-39(8)9)25(5)18-33(40)42)36(43)38-31(19-27(7)41)30-20-29(17-26(6)35(30)37)34-23(3)11-10-12-24(34)4;1-20(2)12-31(41-17-25(15-29(37)35(41)44)10-11-40-18-27(36)19-40)34(43)39-30(14-24(6)42)28-16-26(13-23(5)33(28)38)32-21(3)8-7-9-22(32)4/h7-9,15,17-19,21,28,31-32H,10-14,16,20H2,1-6H3,(H,40,44);10-12,17-18,20-22,31-32H,13-16,19H2,1-9H3,(H,38,43);7-9,13,15-17,20,27,30-31H,10-12,14,18-19H2,1-6H3,(H,39,43)/t28-,31+,32+;31-,32-;30-,31-/m100/s1. The van der Waals surface area contributed by atoms with Crippen LogP contribution in [-0.4, -0.2) is 136 Å². The molecule has 7 atom stereocenters. The zero-order chi connectivity index (χ0) is 97.3. The summed E-state index contributed by atoms with van der Waals surface area (Å²) in [5.74, 6) is -5.56. The Hall–Kier alpha value is -11.0. The summed E-state index contributed by atoms with van der Waals surface area (Å²) in [6.07, 6.45) is 6.17. The number of pyridine rings is 3. The molecule has 2 fully saturated rings. The van der Waals surface area contributed by atoms with Crippen LogP contribution in [0.1, 0.15) is 239 Å². The predicted molar refractivity (Wildman–Crippen MR) is 510 cm³/mol. The fourth-order valence-electron chi connectivity index (χ4n) is 18.0.